The fourth-order valence-corrected chi connectivity index (χ4v) is 2.21. The minimum Gasteiger partial charge on any atom is -0.495 e. The van der Waals surface area contributed by atoms with E-state index in [0.717, 1.165) is 17.0 Å². The Bertz CT molecular complexity index is 606. The highest BCUT2D eigenvalue weighted by atomic mass is 16.5. The zero-order valence-electron chi connectivity index (χ0n) is 10.5. The van der Waals surface area contributed by atoms with Crippen molar-refractivity contribution in [3.8, 4) is 0 Å². The molecule has 0 fully saturated rings. The van der Waals surface area contributed by atoms with Gasteiger partial charge in [-0.3, -0.25) is 0 Å². The fraction of sp³-hybridized carbons (Fsp3) is 0.200. The molecule has 3 rings (SSSR count). The summed E-state index contributed by atoms with van der Waals surface area (Å²) in [5, 5.41) is 4.60. The molecule has 1 aliphatic rings. The van der Waals surface area contributed by atoms with Crippen LogP contribution in [0.1, 0.15) is 12.6 Å². The first-order valence-electron chi connectivity index (χ1n) is 6.01. The zero-order chi connectivity index (χ0) is 12.6. The molecule has 0 aliphatic carbocycles. The Morgan fingerprint density at radius 1 is 1.22 bits per heavy atom. The van der Waals surface area contributed by atoms with E-state index in [9.17, 15) is 0 Å². The van der Waals surface area contributed by atoms with E-state index in [2.05, 4.69) is 47.6 Å². The second-order valence-electron chi connectivity index (χ2n) is 4.70. The number of benzene rings is 1. The van der Waals surface area contributed by atoms with E-state index in [0.29, 0.717) is 0 Å². The predicted molar refractivity (Wildman–Crippen MR) is 73.0 cm³/mol. The fourth-order valence-electron chi connectivity index (χ4n) is 2.21. The molecule has 2 heterocycles. The second kappa shape index (κ2) is 3.95. The third-order valence-corrected chi connectivity index (χ3v) is 3.42. The van der Waals surface area contributed by atoms with Crippen LogP contribution in [0.2, 0.25) is 0 Å². The first kappa shape index (κ1) is 11.0. The van der Waals surface area contributed by atoms with Gasteiger partial charge in [0.15, 0.2) is 0 Å². The Morgan fingerprint density at radius 3 is 2.72 bits per heavy atom. The van der Waals surface area contributed by atoms with E-state index >= 15 is 0 Å². The summed E-state index contributed by atoms with van der Waals surface area (Å²) in [5.41, 5.74) is 2.08. The summed E-state index contributed by atoms with van der Waals surface area (Å²) < 4.78 is 5.18. The van der Waals surface area contributed by atoms with Crippen LogP contribution in [-0.4, -0.2) is 12.1 Å². The van der Waals surface area contributed by atoms with E-state index in [1.807, 2.05) is 18.3 Å². The normalized spacial score (nSPS) is 22.7. The predicted octanol–water partition coefficient (Wildman–Crippen LogP) is 3.03. The van der Waals surface area contributed by atoms with Gasteiger partial charge in [0, 0.05) is 17.4 Å². The summed E-state index contributed by atoms with van der Waals surface area (Å²) in [6.45, 7) is 2.14. The standard InChI is InChI=1S/C15H16N2O/c1-15(8-7-12(18-2)10-16-15)14-9-11-5-3-4-6-13(11)17-14/h3-10,16-17H,1-2H3. The first-order chi connectivity index (χ1) is 8.71. The summed E-state index contributed by atoms with van der Waals surface area (Å²) in [6, 6.07) is 10.5. The van der Waals surface area contributed by atoms with Crippen LogP contribution in [0.25, 0.3) is 10.9 Å². The average Bonchev–Trinajstić information content (AvgIpc) is 2.84. The summed E-state index contributed by atoms with van der Waals surface area (Å²) >= 11 is 0. The van der Waals surface area contributed by atoms with Crippen molar-refractivity contribution in [2.75, 3.05) is 7.11 Å². The number of para-hydroxylation sites is 1. The smallest absolute Gasteiger partial charge is 0.134 e. The number of fused-ring (bicyclic) bond motifs is 1. The van der Waals surface area contributed by atoms with Gasteiger partial charge < -0.3 is 15.0 Å². The van der Waals surface area contributed by atoms with Crippen LogP contribution in [0.4, 0.5) is 0 Å². The number of rotatable bonds is 2. The molecule has 18 heavy (non-hydrogen) atoms. The molecule has 1 aliphatic heterocycles. The molecule has 0 amide bonds. The highest BCUT2D eigenvalue weighted by molar-refractivity contribution is 5.80. The van der Waals surface area contributed by atoms with Gasteiger partial charge >= 0.3 is 0 Å². The molecule has 92 valence electrons. The van der Waals surface area contributed by atoms with Gasteiger partial charge in [0.25, 0.3) is 0 Å². The Balaban J connectivity index is 2.00. The van der Waals surface area contributed by atoms with Crippen LogP contribution in [-0.2, 0) is 10.3 Å². The maximum absolute atomic E-state index is 5.18. The first-order valence-corrected chi connectivity index (χ1v) is 6.01. The van der Waals surface area contributed by atoms with Crippen LogP contribution in [0.3, 0.4) is 0 Å². The zero-order valence-corrected chi connectivity index (χ0v) is 10.5. The molecular formula is C15H16N2O. The molecule has 0 saturated heterocycles. The highest BCUT2D eigenvalue weighted by Crippen LogP contribution is 2.28. The molecular weight excluding hydrogens is 224 g/mol. The maximum Gasteiger partial charge on any atom is 0.134 e. The number of allylic oxidation sites excluding steroid dienone is 1. The van der Waals surface area contributed by atoms with Crippen molar-refractivity contribution in [1.82, 2.24) is 10.3 Å². The van der Waals surface area contributed by atoms with Crippen molar-refractivity contribution >= 4 is 10.9 Å². The lowest BCUT2D eigenvalue weighted by atomic mass is 9.95. The molecule has 2 N–H and O–H groups in total. The SMILES string of the molecule is COC1=CNC(C)(c2cc3ccccc3[nH]2)C=C1. The number of H-pyrrole nitrogens is 1. The Labute approximate surface area is 106 Å². The van der Waals surface area contributed by atoms with Crippen LogP contribution in [0, 0.1) is 0 Å². The number of aromatic nitrogens is 1. The minimum atomic E-state index is -0.221. The van der Waals surface area contributed by atoms with Gasteiger partial charge in [-0.2, -0.15) is 0 Å². The number of methoxy groups -OCH3 is 1. The molecule has 3 nitrogen and oxygen atoms in total. The number of dihydropyridines is 1. The monoisotopic (exact) mass is 240 g/mol. The van der Waals surface area contributed by atoms with Crippen LogP contribution in [0.15, 0.2) is 54.4 Å². The largest absolute Gasteiger partial charge is 0.495 e. The van der Waals surface area contributed by atoms with Gasteiger partial charge in [0.1, 0.15) is 5.76 Å². The Morgan fingerprint density at radius 2 is 2.06 bits per heavy atom. The molecule has 0 saturated carbocycles. The Kier molecular flexibility index (Phi) is 2.40. The van der Waals surface area contributed by atoms with Crippen molar-refractivity contribution in [3.63, 3.8) is 0 Å². The minimum absolute atomic E-state index is 0.221. The lowest BCUT2D eigenvalue weighted by Gasteiger charge is -2.28. The van der Waals surface area contributed by atoms with E-state index in [1.54, 1.807) is 7.11 Å². The lowest BCUT2D eigenvalue weighted by molar-refractivity contribution is 0.296. The van der Waals surface area contributed by atoms with Gasteiger partial charge in [-0.15, -0.1) is 0 Å². The van der Waals surface area contributed by atoms with Crippen LogP contribution in [0.5, 0.6) is 0 Å². The summed E-state index contributed by atoms with van der Waals surface area (Å²) in [4.78, 5) is 3.45. The molecule has 1 aromatic carbocycles. The molecule has 1 unspecified atom stereocenters. The quantitative estimate of drug-likeness (QED) is 0.846. The van der Waals surface area contributed by atoms with Gasteiger partial charge in [0.05, 0.1) is 12.6 Å². The number of ether oxygens (including phenoxy) is 1. The lowest BCUT2D eigenvalue weighted by Crippen LogP contribution is -2.36. The summed E-state index contributed by atoms with van der Waals surface area (Å²) in [5.74, 6) is 0.837. The van der Waals surface area contributed by atoms with Gasteiger partial charge in [-0.25, -0.2) is 0 Å². The third kappa shape index (κ3) is 1.68. The van der Waals surface area contributed by atoms with Crippen molar-refractivity contribution in [2.24, 2.45) is 0 Å². The maximum atomic E-state index is 5.18. The average molecular weight is 240 g/mol. The van der Waals surface area contributed by atoms with Gasteiger partial charge in [-0.1, -0.05) is 18.2 Å². The molecule has 1 aromatic heterocycles. The Hall–Kier alpha value is -2.16. The van der Waals surface area contributed by atoms with Crippen molar-refractivity contribution in [1.29, 1.82) is 0 Å². The summed E-state index contributed by atoms with van der Waals surface area (Å²) in [7, 11) is 1.67. The highest BCUT2D eigenvalue weighted by Gasteiger charge is 2.26. The van der Waals surface area contributed by atoms with Crippen molar-refractivity contribution < 1.29 is 4.74 Å². The third-order valence-electron chi connectivity index (χ3n) is 3.42. The van der Waals surface area contributed by atoms with Gasteiger partial charge in [0.2, 0.25) is 0 Å². The van der Waals surface area contributed by atoms with Crippen LogP contribution < -0.4 is 5.32 Å². The summed E-state index contributed by atoms with van der Waals surface area (Å²) in [6.07, 6.45) is 5.99. The second-order valence-corrected chi connectivity index (χ2v) is 4.70. The van der Waals surface area contributed by atoms with Crippen molar-refractivity contribution in [2.45, 2.75) is 12.5 Å². The topological polar surface area (TPSA) is 37.0 Å². The van der Waals surface area contributed by atoms with Gasteiger partial charge in [-0.05, 0) is 36.6 Å². The number of hydrogen-bond acceptors (Lipinski definition) is 2. The van der Waals surface area contributed by atoms with Crippen LogP contribution >= 0.6 is 0 Å². The molecule has 3 heteroatoms. The number of aromatic amines is 1. The molecule has 2 aromatic rings. The molecule has 0 bridgehead atoms. The molecule has 0 radical (unpaired) electrons. The van der Waals surface area contributed by atoms with E-state index in [1.165, 1.54) is 5.39 Å². The number of nitrogens with one attached hydrogen (secondary N) is 2. The molecule has 1 atom stereocenters. The molecule has 0 spiro atoms. The van der Waals surface area contributed by atoms with E-state index in [-0.39, 0.29) is 5.54 Å². The van der Waals surface area contributed by atoms with E-state index < -0.39 is 0 Å². The number of hydrogen-bond donors (Lipinski definition) is 2. The van der Waals surface area contributed by atoms with Crippen molar-refractivity contribution in [3.05, 3.63) is 60.1 Å². The van der Waals surface area contributed by atoms with E-state index in [4.69, 9.17) is 4.74 Å².